The maximum absolute atomic E-state index is 12.0. The lowest BCUT2D eigenvalue weighted by molar-refractivity contribution is -0.384. The number of non-ortho nitro benzene ring substituents is 1. The van der Waals surface area contributed by atoms with Gasteiger partial charge in [0.1, 0.15) is 0 Å². The lowest BCUT2D eigenvalue weighted by atomic mass is 10.1. The van der Waals surface area contributed by atoms with Crippen molar-refractivity contribution in [2.45, 2.75) is 6.54 Å². The van der Waals surface area contributed by atoms with Crippen LogP contribution in [0, 0.1) is 10.1 Å². The molecule has 27 heavy (non-hydrogen) atoms. The molecule has 0 saturated carbocycles. The Balaban J connectivity index is 1.52. The van der Waals surface area contributed by atoms with Gasteiger partial charge in [-0.1, -0.05) is 42.5 Å². The van der Waals surface area contributed by atoms with E-state index in [4.69, 9.17) is 0 Å². The molecule has 3 rings (SSSR count). The highest BCUT2D eigenvalue weighted by Gasteiger charge is 2.12. The van der Waals surface area contributed by atoms with Crippen LogP contribution in [0.25, 0.3) is 10.8 Å². The summed E-state index contributed by atoms with van der Waals surface area (Å²) >= 11 is 0. The van der Waals surface area contributed by atoms with Crippen LogP contribution in [0.3, 0.4) is 0 Å². The van der Waals surface area contributed by atoms with Crippen LogP contribution in [0.1, 0.15) is 15.9 Å². The molecule has 0 aliphatic heterocycles. The fourth-order valence-electron chi connectivity index (χ4n) is 2.64. The molecule has 7 nitrogen and oxygen atoms in total. The van der Waals surface area contributed by atoms with Gasteiger partial charge in [-0.3, -0.25) is 19.7 Å². The highest BCUT2D eigenvalue weighted by molar-refractivity contribution is 5.97. The number of nitrogens with one attached hydrogen (secondary N) is 2. The molecule has 0 aromatic heterocycles. The van der Waals surface area contributed by atoms with Crippen molar-refractivity contribution in [1.82, 2.24) is 10.6 Å². The second kappa shape index (κ2) is 8.09. The average Bonchev–Trinajstić information content (AvgIpc) is 2.70. The number of fused-ring (bicyclic) bond motifs is 1. The Hall–Kier alpha value is -3.74. The van der Waals surface area contributed by atoms with E-state index in [1.54, 1.807) is 0 Å². The number of hydrogen-bond donors (Lipinski definition) is 2. The summed E-state index contributed by atoms with van der Waals surface area (Å²) in [5, 5.41) is 18.2. The standard InChI is InChI=1S/C20H17N3O4/c24-19(13-22-20(25)17-6-3-7-18(11-17)23(26)27)21-12-14-8-9-15-4-1-2-5-16(15)10-14/h1-11H,12-13H2,(H,21,24)(H,22,25). The topological polar surface area (TPSA) is 101 Å². The van der Waals surface area contributed by atoms with Crippen LogP contribution in [0.4, 0.5) is 5.69 Å². The van der Waals surface area contributed by atoms with Crippen LogP contribution in [0.2, 0.25) is 0 Å². The van der Waals surface area contributed by atoms with Gasteiger partial charge >= 0.3 is 0 Å². The molecule has 136 valence electrons. The maximum atomic E-state index is 12.0. The monoisotopic (exact) mass is 363 g/mol. The predicted molar refractivity (Wildman–Crippen MR) is 101 cm³/mol. The number of carbonyl (C=O) groups is 2. The van der Waals surface area contributed by atoms with Crippen LogP contribution < -0.4 is 10.6 Å². The van der Waals surface area contributed by atoms with E-state index in [1.165, 1.54) is 24.3 Å². The van der Waals surface area contributed by atoms with E-state index in [2.05, 4.69) is 10.6 Å². The summed E-state index contributed by atoms with van der Waals surface area (Å²) in [5.41, 5.74) is 0.905. The van der Waals surface area contributed by atoms with Crippen molar-refractivity contribution in [3.8, 4) is 0 Å². The zero-order valence-corrected chi connectivity index (χ0v) is 14.3. The first-order valence-corrected chi connectivity index (χ1v) is 8.30. The minimum atomic E-state index is -0.576. The van der Waals surface area contributed by atoms with E-state index in [0.717, 1.165) is 16.3 Å². The molecule has 0 atom stereocenters. The number of benzene rings is 3. The Labute approximate surface area is 155 Å². The summed E-state index contributed by atoms with van der Waals surface area (Å²) < 4.78 is 0. The third-order valence-electron chi connectivity index (χ3n) is 4.03. The van der Waals surface area contributed by atoms with E-state index in [0.29, 0.717) is 6.54 Å². The van der Waals surface area contributed by atoms with Crippen LogP contribution in [-0.2, 0) is 11.3 Å². The van der Waals surface area contributed by atoms with E-state index in [9.17, 15) is 19.7 Å². The van der Waals surface area contributed by atoms with Crippen molar-refractivity contribution in [3.05, 3.63) is 88.0 Å². The Morgan fingerprint density at radius 2 is 1.67 bits per heavy atom. The summed E-state index contributed by atoms with van der Waals surface area (Å²) in [4.78, 5) is 34.2. The summed E-state index contributed by atoms with van der Waals surface area (Å²) in [6, 6.07) is 19.2. The number of nitro groups is 1. The number of nitro benzene ring substituents is 1. The molecule has 0 radical (unpaired) electrons. The molecular formula is C20H17N3O4. The van der Waals surface area contributed by atoms with Crippen molar-refractivity contribution < 1.29 is 14.5 Å². The van der Waals surface area contributed by atoms with Gasteiger partial charge in [0.25, 0.3) is 11.6 Å². The van der Waals surface area contributed by atoms with Crippen molar-refractivity contribution in [2.24, 2.45) is 0 Å². The van der Waals surface area contributed by atoms with Gasteiger partial charge in [0, 0.05) is 24.2 Å². The molecule has 3 aromatic rings. The smallest absolute Gasteiger partial charge is 0.270 e. The molecule has 0 saturated heterocycles. The van der Waals surface area contributed by atoms with Gasteiger partial charge in [-0.2, -0.15) is 0 Å². The quantitative estimate of drug-likeness (QED) is 0.519. The number of hydrogen-bond acceptors (Lipinski definition) is 4. The van der Waals surface area contributed by atoms with Gasteiger partial charge < -0.3 is 10.6 Å². The Kier molecular flexibility index (Phi) is 5.41. The predicted octanol–water partition coefficient (Wildman–Crippen LogP) is 2.79. The third kappa shape index (κ3) is 4.66. The Morgan fingerprint density at radius 1 is 0.889 bits per heavy atom. The van der Waals surface area contributed by atoms with Crippen LogP contribution in [0.15, 0.2) is 66.7 Å². The normalized spacial score (nSPS) is 10.4. The summed E-state index contributed by atoms with van der Waals surface area (Å²) in [6.07, 6.45) is 0. The zero-order chi connectivity index (χ0) is 19.2. The van der Waals surface area contributed by atoms with Crippen LogP contribution in [-0.4, -0.2) is 23.3 Å². The summed E-state index contributed by atoms with van der Waals surface area (Å²) in [7, 11) is 0. The third-order valence-corrected chi connectivity index (χ3v) is 4.03. The molecule has 0 aliphatic carbocycles. The van der Waals surface area contributed by atoms with Crippen molar-refractivity contribution in [3.63, 3.8) is 0 Å². The second-order valence-corrected chi connectivity index (χ2v) is 5.95. The molecule has 0 bridgehead atoms. The molecule has 0 unspecified atom stereocenters. The molecule has 2 N–H and O–H groups in total. The molecule has 3 aromatic carbocycles. The summed E-state index contributed by atoms with van der Waals surface area (Å²) in [5.74, 6) is -0.888. The highest BCUT2D eigenvalue weighted by Crippen LogP contribution is 2.15. The average molecular weight is 363 g/mol. The fraction of sp³-hybridized carbons (Fsp3) is 0.100. The van der Waals surface area contributed by atoms with Gasteiger partial charge in [0.05, 0.1) is 11.5 Å². The minimum absolute atomic E-state index is 0.131. The maximum Gasteiger partial charge on any atom is 0.270 e. The number of amides is 2. The number of nitrogens with zero attached hydrogens (tertiary/aromatic N) is 1. The first-order valence-electron chi connectivity index (χ1n) is 8.30. The zero-order valence-electron chi connectivity index (χ0n) is 14.3. The highest BCUT2D eigenvalue weighted by atomic mass is 16.6. The molecule has 0 heterocycles. The van der Waals surface area contributed by atoms with Gasteiger partial charge in [-0.05, 0) is 28.5 Å². The fourth-order valence-corrected chi connectivity index (χ4v) is 2.64. The van der Waals surface area contributed by atoms with Crippen molar-refractivity contribution in [2.75, 3.05) is 6.54 Å². The van der Waals surface area contributed by atoms with Crippen LogP contribution in [0.5, 0.6) is 0 Å². The molecule has 2 amide bonds. The van der Waals surface area contributed by atoms with E-state index < -0.39 is 10.8 Å². The van der Waals surface area contributed by atoms with Gasteiger partial charge in [-0.15, -0.1) is 0 Å². The first-order chi connectivity index (χ1) is 13.0. The van der Waals surface area contributed by atoms with Gasteiger partial charge in [0.2, 0.25) is 5.91 Å². The molecule has 0 fully saturated rings. The Morgan fingerprint density at radius 3 is 2.44 bits per heavy atom. The summed E-state index contributed by atoms with van der Waals surface area (Å²) in [6.45, 7) is 0.130. The number of carbonyl (C=O) groups excluding carboxylic acids is 2. The van der Waals surface area contributed by atoms with Gasteiger partial charge in [0.15, 0.2) is 0 Å². The molecule has 7 heteroatoms. The lowest BCUT2D eigenvalue weighted by Gasteiger charge is -2.08. The van der Waals surface area contributed by atoms with Crippen LogP contribution >= 0.6 is 0 Å². The lowest BCUT2D eigenvalue weighted by Crippen LogP contribution is -2.36. The minimum Gasteiger partial charge on any atom is -0.350 e. The number of rotatable bonds is 6. The van der Waals surface area contributed by atoms with Gasteiger partial charge in [-0.25, -0.2) is 0 Å². The Bertz CT molecular complexity index is 1020. The van der Waals surface area contributed by atoms with E-state index in [1.807, 2.05) is 42.5 Å². The largest absolute Gasteiger partial charge is 0.350 e. The van der Waals surface area contributed by atoms with E-state index >= 15 is 0 Å². The first kappa shape index (κ1) is 18.1. The van der Waals surface area contributed by atoms with Crippen molar-refractivity contribution in [1.29, 1.82) is 0 Å². The van der Waals surface area contributed by atoms with Crippen molar-refractivity contribution >= 4 is 28.3 Å². The molecular weight excluding hydrogens is 346 g/mol. The SMILES string of the molecule is O=C(CNC(=O)c1cccc([N+](=O)[O-])c1)NCc1ccc2ccccc2c1. The van der Waals surface area contributed by atoms with E-state index in [-0.39, 0.29) is 23.7 Å². The molecule has 0 aliphatic rings. The second-order valence-electron chi connectivity index (χ2n) is 5.95. The molecule has 0 spiro atoms.